The van der Waals surface area contributed by atoms with E-state index in [9.17, 15) is 18.0 Å². The molecule has 676 valence electrons. The third-order valence-corrected chi connectivity index (χ3v) is 40.9. The second-order valence-electron chi connectivity index (χ2n) is 38.0. The minimum absolute atomic E-state index is 0.0683. The van der Waals surface area contributed by atoms with E-state index in [4.69, 9.17) is 28.4 Å². The van der Waals surface area contributed by atoms with Gasteiger partial charge in [-0.1, -0.05) is 163 Å². The highest BCUT2D eigenvalue weighted by Crippen LogP contribution is 2.61. The summed E-state index contributed by atoms with van der Waals surface area (Å²) in [7, 11) is -0.855. The lowest BCUT2D eigenvalue weighted by molar-refractivity contribution is -0.174. The summed E-state index contributed by atoms with van der Waals surface area (Å²) in [6.07, 6.45) is 8.86. The Morgan fingerprint density at radius 1 is 0.356 bits per heavy atom. The molecule has 0 N–H and O–H groups in total. The predicted octanol–water partition coefficient (Wildman–Crippen LogP) is 34.6. The number of ether oxygens (including phenoxy) is 6. The normalized spacial score (nSPS) is 20.8. The maximum atomic E-state index is 13.0. The van der Waals surface area contributed by atoms with Crippen LogP contribution >= 0.6 is 31.4 Å². The Hall–Kier alpha value is -11.9. The van der Waals surface area contributed by atoms with Crippen LogP contribution in [0, 0.1) is 82.0 Å². The molecule has 135 heavy (non-hydrogen) atoms. The highest BCUT2D eigenvalue weighted by atomic mass is 32.2. The van der Waals surface area contributed by atoms with Crippen LogP contribution < -0.4 is 14.2 Å². The molecule has 8 saturated carbocycles. The highest BCUT2D eigenvalue weighted by molar-refractivity contribution is 7.97. The third-order valence-electron chi connectivity index (χ3n) is 29.4. The smallest absolute Gasteiger partial charge is 0.467 e. The molecular formula is C120H108F3O7S5+5. The number of thiophene rings is 3. The van der Waals surface area contributed by atoms with Gasteiger partial charge in [-0.2, -0.15) is 13.2 Å². The summed E-state index contributed by atoms with van der Waals surface area (Å²) in [6.45, 7) is 13.6. The van der Waals surface area contributed by atoms with Gasteiger partial charge in [-0.3, -0.25) is 0 Å². The fourth-order valence-electron chi connectivity index (χ4n) is 23.6. The van der Waals surface area contributed by atoms with Crippen LogP contribution in [-0.2, 0) is 48.8 Å². The number of rotatable bonds is 12. The Kier molecular flexibility index (Phi) is 24.4. The summed E-state index contributed by atoms with van der Waals surface area (Å²) in [5.74, 6) is 11.1. The fraction of sp³-hybridized carbons (Fsp3) is 0.242. The zero-order chi connectivity index (χ0) is 91.7. The number of hydrogen-bond acceptors (Lipinski definition) is 7. The lowest BCUT2D eigenvalue weighted by Crippen LogP contribution is -2.58. The molecule has 0 atom stereocenters. The Bertz CT molecular complexity index is 7140. The number of carbonyl (C=O) groups is 1. The van der Waals surface area contributed by atoms with Gasteiger partial charge in [0.1, 0.15) is 39.7 Å². The van der Waals surface area contributed by atoms with Crippen molar-refractivity contribution in [2.24, 2.45) is 47.3 Å². The molecule has 28 rings (SSSR count). The third kappa shape index (κ3) is 17.2. The van der Waals surface area contributed by atoms with Gasteiger partial charge >= 0.3 is 12.3 Å². The lowest BCUT2D eigenvalue weighted by Gasteiger charge is -2.58. The molecule has 2 aliphatic heterocycles. The van der Waals surface area contributed by atoms with Gasteiger partial charge in [0.2, 0.25) is 19.6 Å². The molecule has 15 heteroatoms. The largest absolute Gasteiger partial charge is 0.509 e. The number of halogens is 3. The maximum absolute atomic E-state index is 13.0. The molecular weight excluding hydrogens is 1770 g/mol. The van der Waals surface area contributed by atoms with Crippen molar-refractivity contribution < 1.29 is 46.4 Å². The minimum atomic E-state index is -4.32. The van der Waals surface area contributed by atoms with Crippen LogP contribution in [0.25, 0.3) is 75.2 Å². The van der Waals surface area contributed by atoms with Crippen LogP contribution in [0.3, 0.4) is 0 Å². The second-order valence-corrected chi connectivity index (χ2v) is 47.8. The van der Waals surface area contributed by atoms with Crippen LogP contribution in [0.1, 0.15) is 110 Å². The summed E-state index contributed by atoms with van der Waals surface area (Å²) in [6, 6.07) is 119. The molecule has 8 fully saturated rings. The van der Waals surface area contributed by atoms with Crippen molar-refractivity contribution >= 4 is 120 Å². The van der Waals surface area contributed by atoms with E-state index >= 15 is 0 Å². The van der Waals surface area contributed by atoms with Gasteiger partial charge in [0.25, 0.3) is 0 Å². The van der Waals surface area contributed by atoms with E-state index in [1.54, 1.807) is 6.07 Å². The van der Waals surface area contributed by atoms with Crippen molar-refractivity contribution in [2.45, 2.75) is 160 Å². The first-order chi connectivity index (χ1) is 65.9. The van der Waals surface area contributed by atoms with Gasteiger partial charge < -0.3 is 28.4 Å². The summed E-state index contributed by atoms with van der Waals surface area (Å²) in [4.78, 5) is 24.1. The van der Waals surface area contributed by atoms with E-state index in [0.29, 0.717) is 29.6 Å². The summed E-state index contributed by atoms with van der Waals surface area (Å²) < 4.78 is 83.7. The second kappa shape index (κ2) is 37.3. The van der Waals surface area contributed by atoms with Gasteiger partial charge in [-0.25, -0.2) is 4.79 Å². The van der Waals surface area contributed by atoms with Crippen molar-refractivity contribution in [1.82, 2.24) is 0 Å². The van der Waals surface area contributed by atoms with Crippen LogP contribution in [0.5, 0.6) is 28.7 Å². The zero-order valence-corrected chi connectivity index (χ0v) is 80.7. The number of para-hydroxylation sites is 4. The predicted molar refractivity (Wildman–Crippen MR) is 552 cm³/mol. The molecule has 15 aromatic carbocycles. The van der Waals surface area contributed by atoms with Crippen molar-refractivity contribution in [3.05, 3.63) is 385 Å². The number of fused-ring (bicyclic) bond motifs is 13. The molecule has 0 amide bonds. The van der Waals surface area contributed by atoms with Crippen molar-refractivity contribution in [3.8, 4) is 43.4 Å². The van der Waals surface area contributed by atoms with E-state index in [2.05, 4.69) is 278 Å². The lowest BCUT2D eigenvalue weighted by atomic mass is 9.50. The molecule has 0 saturated heterocycles. The van der Waals surface area contributed by atoms with Gasteiger partial charge in [0.15, 0.2) is 82.5 Å². The molecule has 8 bridgehead atoms. The summed E-state index contributed by atoms with van der Waals surface area (Å²) in [5.41, 5.74) is 6.16. The molecule has 10 aliphatic rings. The fourth-order valence-corrected chi connectivity index (χ4v) is 35.6. The molecule has 7 nitrogen and oxygen atoms in total. The number of benzene rings is 15. The van der Waals surface area contributed by atoms with Crippen molar-refractivity contribution in [1.29, 1.82) is 0 Å². The topological polar surface area (TPSA) is 72.5 Å². The maximum Gasteiger partial charge on any atom is 0.509 e. The van der Waals surface area contributed by atoms with Gasteiger partial charge in [0, 0.05) is 94.1 Å². The molecule has 0 unspecified atom stereocenters. The van der Waals surface area contributed by atoms with Crippen LogP contribution in [-0.4, -0.2) is 24.7 Å². The number of hydrogen-bond donors (Lipinski definition) is 0. The van der Waals surface area contributed by atoms with Crippen molar-refractivity contribution in [3.63, 3.8) is 0 Å². The van der Waals surface area contributed by atoms with Gasteiger partial charge in [-0.05, 0) is 339 Å². The average Bonchev–Trinajstić information content (AvgIpc) is 1.67. The SMILES string of the molecule is Cc1cc(-[s+]2c3ccccc3c3ccccc32)cc(C)c1COC(=O)OC1(C)C2CC3CC(C2)CC1C3.Cc1cc(-[s+]2c3ccccc3c3ccccc32)cc(C)c1OCOC1C2CC3CC(C2)CC1C3.Cc1ccc([S+]2c3ccccc3Oc3ccccc32)cc1.FC(F)(F)c1cccc(-[s+]2c3ccccc3c3ccccc32)c1.c1ccc([S+]2c3ccccc3Oc3ccccc32)cc1. The first kappa shape index (κ1) is 88.4. The monoisotopic (exact) mass is 1880 g/mol. The van der Waals surface area contributed by atoms with E-state index in [1.807, 2.05) is 84.9 Å². The Morgan fingerprint density at radius 2 is 0.689 bits per heavy atom. The molecule has 18 aromatic rings. The van der Waals surface area contributed by atoms with Gasteiger partial charge in [-0.15, -0.1) is 0 Å². The zero-order valence-electron chi connectivity index (χ0n) is 76.6. The van der Waals surface area contributed by atoms with Gasteiger partial charge in [0.05, 0.1) is 11.7 Å². The molecule has 0 radical (unpaired) electrons. The van der Waals surface area contributed by atoms with Crippen LogP contribution in [0.2, 0.25) is 0 Å². The number of carbonyl (C=O) groups excluding carboxylic acids is 1. The molecule has 5 heterocycles. The first-order valence-electron chi connectivity index (χ1n) is 47.5. The first-order valence-corrected chi connectivity index (χ1v) is 53.6. The highest BCUT2D eigenvalue weighted by Gasteiger charge is 2.58. The standard InChI is InChI=1S/C33H35O3S.C31H33O2S.C19H12F3S.C19H15OS.C18H13OS/c1-20-12-26(37-30-10-6-4-8-27(30)28-9-5-7-11-31(28)37)13-21(2)29(20)19-35-32(34)36-33(3)24-15-22-14-23(17-24)18-25(33)16-22;1-19-11-25(34-28-9-5-3-7-26(28)27-8-4-6-10-29(27)34)12-20(2)30(19)32-18-33-31-23-14-21-13-22(16-23)17-24(31)15-21;20-19(21,22)13-6-5-7-14(12-13)23-17-10-3-1-8-15(17)16-9-2-4-11-18(16)23;1-14-10-12-15(13-11-14)21-18-8-4-2-6-16(18)20-17-7-3-5-9-19(17)21;1-2-8-14(9-3-1)20-17-12-6-4-10-15(17)19-16-11-5-7-13-18(16)20/h4-13,22-25H,14-19H2,1-3H3;3-12,21-24,31H,13-18H2,1-2H3;1-12H;2-13H,1H3;1-13H/q5*+1. The number of alkyl halides is 3. The Morgan fingerprint density at radius 3 is 1.08 bits per heavy atom. The number of aryl methyl sites for hydroxylation is 5. The average molecular weight is 1880 g/mol. The Labute approximate surface area is 801 Å². The van der Waals surface area contributed by atoms with E-state index in [1.165, 1.54) is 173 Å². The summed E-state index contributed by atoms with van der Waals surface area (Å²) >= 11 is 0. The minimum Gasteiger partial charge on any atom is -0.467 e. The summed E-state index contributed by atoms with van der Waals surface area (Å²) in [5, 5.41) is 7.66. The molecule has 3 aromatic heterocycles. The van der Waals surface area contributed by atoms with E-state index in [-0.39, 0.29) is 54.9 Å². The van der Waals surface area contributed by atoms with E-state index < -0.39 is 28.4 Å². The van der Waals surface area contributed by atoms with Crippen LogP contribution in [0.15, 0.2) is 375 Å². The Balaban J connectivity index is 0.000000100. The van der Waals surface area contributed by atoms with Crippen LogP contribution in [0.4, 0.5) is 18.0 Å². The quantitative estimate of drug-likeness (QED) is 0.0685. The van der Waals surface area contributed by atoms with Crippen molar-refractivity contribution in [2.75, 3.05) is 6.79 Å². The van der Waals surface area contributed by atoms with E-state index in [0.717, 1.165) is 107 Å². The molecule has 0 spiro atoms. The molecule has 8 aliphatic carbocycles.